The molecule has 18 heavy (non-hydrogen) atoms. The first-order chi connectivity index (χ1) is 8.72. The molecule has 2 heterocycles. The average molecular weight is 252 g/mol. The number of amides is 1. The fraction of sp³-hybridized carbons (Fsp3) is 0.833. The van der Waals surface area contributed by atoms with Crippen LogP contribution in [0.15, 0.2) is 0 Å². The van der Waals surface area contributed by atoms with E-state index in [1.807, 2.05) is 6.92 Å². The minimum atomic E-state index is -0.474. The summed E-state index contributed by atoms with van der Waals surface area (Å²) in [6.07, 6.45) is -0.474. The number of nitrogens with zero attached hydrogens (tertiary/aromatic N) is 3. The molecule has 0 bridgehead atoms. The van der Waals surface area contributed by atoms with Crippen molar-refractivity contribution in [3.8, 4) is 6.07 Å². The van der Waals surface area contributed by atoms with Crippen LogP contribution in [0, 0.1) is 11.3 Å². The summed E-state index contributed by atoms with van der Waals surface area (Å²) in [7, 11) is 0. The molecule has 2 fully saturated rings. The van der Waals surface area contributed by atoms with Crippen LogP contribution in [0.4, 0.5) is 0 Å². The van der Waals surface area contributed by atoms with Crippen LogP contribution >= 0.6 is 0 Å². The first-order valence-corrected chi connectivity index (χ1v) is 6.47. The third kappa shape index (κ3) is 2.99. The van der Waals surface area contributed by atoms with Crippen LogP contribution in [-0.2, 0) is 9.53 Å². The van der Waals surface area contributed by atoms with E-state index in [1.54, 1.807) is 4.90 Å². The Morgan fingerprint density at radius 3 is 2.83 bits per heavy atom. The number of morpholine rings is 1. The van der Waals surface area contributed by atoms with Gasteiger partial charge in [0.1, 0.15) is 0 Å². The van der Waals surface area contributed by atoms with Crippen molar-refractivity contribution in [3.63, 3.8) is 0 Å². The standard InChI is InChI=1S/C12H20N4O2/c1-10(15-4-2-14-3-5-15)12(17)16-6-7-18-11(8-13)9-16/h10-11,14H,2-7,9H2,1H3. The quantitative estimate of drug-likeness (QED) is 0.685. The highest BCUT2D eigenvalue weighted by atomic mass is 16.5. The topological polar surface area (TPSA) is 68.6 Å². The molecule has 0 radical (unpaired) electrons. The molecule has 0 aromatic rings. The lowest BCUT2D eigenvalue weighted by Gasteiger charge is -2.37. The van der Waals surface area contributed by atoms with Crippen molar-refractivity contribution in [2.24, 2.45) is 0 Å². The molecule has 1 N–H and O–H groups in total. The summed E-state index contributed by atoms with van der Waals surface area (Å²) in [5.74, 6) is 0.112. The molecule has 2 atom stereocenters. The fourth-order valence-electron chi connectivity index (χ4n) is 2.42. The zero-order valence-corrected chi connectivity index (χ0v) is 10.8. The van der Waals surface area contributed by atoms with Gasteiger partial charge in [0, 0.05) is 32.7 Å². The van der Waals surface area contributed by atoms with Gasteiger partial charge in [-0.3, -0.25) is 9.69 Å². The molecule has 0 aliphatic carbocycles. The average Bonchev–Trinajstić information content (AvgIpc) is 2.46. The highest BCUT2D eigenvalue weighted by Crippen LogP contribution is 2.10. The molecular formula is C12H20N4O2. The number of nitrogens with one attached hydrogen (secondary N) is 1. The largest absolute Gasteiger partial charge is 0.360 e. The number of hydrogen-bond donors (Lipinski definition) is 1. The van der Waals surface area contributed by atoms with Gasteiger partial charge in [0.15, 0.2) is 6.10 Å². The van der Waals surface area contributed by atoms with Crippen molar-refractivity contribution in [1.29, 1.82) is 5.26 Å². The van der Waals surface area contributed by atoms with E-state index in [0.717, 1.165) is 26.2 Å². The van der Waals surface area contributed by atoms with Crippen LogP contribution in [0.2, 0.25) is 0 Å². The second-order valence-electron chi connectivity index (χ2n) is 4.73. The van der Waals surface area contributed by atoms with Crippen molar-refractivity contribution < 1.29 is 9.53 Å². The minimum Gasteiger partial charge on any atom is -0.360 e. The van der Waals surface area contributed by atoms with E-state index in [-0.39, 0.29) is 11.9 Å². The maximum absolute atomic E-state index is 12.4. The van der Waals surface area contributed by atoms with E-state index >= 15 is 0 Å². The lowest BCUT2D eigenvalue weighted by atomic mass is 10.2. The monoisotopic (exact) mass is 252 g/mol. The summed E-state index contributed by atoms with van der Waals surface area (Å²) in [6, 6.07) is 1.96. The lowest BCUT2D eigenvalue weighted by molar-refractivity contribution is -0.142. The van der Waals surface area contributed by atoms with Gasteiger partial charge in [0.25, 0.3) is 0 Å². The molecule has 2 saturated heterocycles. The Morgan fingerprint density at radius 1 is 1.44 bits per heavy atom. The molecule has 2 aliphatic heterocycles. The van der Waals surface area contributed by atoms with Crippen LogP contribution in [0.3, 0.4) is 0 Å². The van der Waals surface area contributed by atoms with Gasteiger partial charge < -0.3 is 15.0 Å². The van der Waals surface area contributed by atoms with E-state index in [0.29, 0.717) is 19.7 Å². The predicted octanol–water partition coefficient (Wildman–Crippen LogP) is -0.969. The van der Waals surface area contributed by atoms with Gasteiger partial charge in [-0.1, -0.05) is 0 Å². The molecule has 6 heteroatoms. The van der Waals surface area contributed by atoms with Crippen LogP contribution in [0.1, 0.15) is 6.92 Å². The molecule has 0 aromatic heterocycles. The van der Waals surface area contributed by atoms with Crippen LogP contribution in [0.5, 0.6) is 0 Å². The van der Waals surface area contributed by atoms with Gasteiger partial charge >= 0.3 is 0 Å². The normalized spacial score (nSPS) is 27.6. The summed E-state index contributed by atoms with van der Waals surface area (Å²) >= 11 is 0. The summed E-state index contributed by atoms with van der Waals surface area (Å²) in [6.45, 7) is 7.06. The van der Waals surface area contributed by atoms with Gasteiger partial charge in [0.2, 0.25) is 5.91 Å². The number of ether oxygens (including phenoxy) is 1. The molecule has 100 valence electrons. The molecule has 2 aliphatic rings. The number of rotatable bonds is 2. The molecule has 0 saturated carbocycles. The van der Waals surface area contributed by atoms with E-state index in [9.17, 15) is 4.79 Å². The summed E-state index contributed by atoms with van der Waals surface area (Å²) in [5, 5.41) is 12.1. The maximum Gasteiger partial charge on any atom is 0.239 e. The highest BCUT2D eigenvalue weighted by molar-refractivity contribution is 5.81. The van der Waals surface area contributed by atoms with Crippen molar-refractivity contribution in [2.75, 3.05) is 45.9 Å². The minimum absolute atomic E-state index is 0.107. The smallest absolute Gasteiger partial charge is 0.239 e. The van der Waals surface area contributed by atoms with Gasteiger partial charge in [-0.25, -0.2) is 0 Å². The zero-order valence-electron chi connectivity index (χ0n) is 10.8. The van der Waals surface area contributed by atoms with Gasteiger partial charge in [0.05, 0.1) is 25.3 Å². The molecule has 6 nitrogen and oxygen atoms in total. The number of carbonyl (C=O) groups excluding carboxylic acids is 1. The third-order valence-corrected chi connectivity index (χ3v) is 3.58. The second-order valence-corrected chi connectivity index (χ2v) is 4.73. The van der Waals surface area contributed by atoms with E-state index < -0.39 is 6.10 Å². The van der Waals surface area contributed by atoms with Gasteiger partial charge in [-0.15, -0.1) is 0 Å². The predicted molar refractivity (Wildman–Crippen MR) is 65.8 cm³/mol. The Kier molecular flexibility index (Phi) is 4.53. The zero-order chi connectivity index (χ0) is 13.0. The molecule has 2 unspecified atom stereocenters. The van der Waals surface area contributed by atoms with E-state index in [1.165, 1.54) is 0 Å². The van der Waals surface area contributed by atoms with Crippen molar-refractivity contribution in [3.05, 3.63) is 0 Å². The first kappa shape index (κ1) is 13.3. The van der Waals surface area contributed by atoms with Gasteiger partial charge in [-0.05, 0) is 6.92 Å². The molecular weight excluding hydrogens is 232 g/mol. The molecule has 0 aromatic carbocycles. The number of hydrogen-bond acceptors (Lipinski definition) is 5. The first-order valence-electron chi connectivity index (χ1n) is 6.47. The van der Waals surface area contributed by atoms with Crippen molar-refractivity contribution in [1.82, 2.24) is 15.1 Å². The molecule has 1 amide bonds. The van der Waals surface area contributed by atoms with E-state index in [4.69, 9.17) is 10.00 Å². The fourth-order valence-corrected chi connectivity index (χ4v) is 2.42. The van der Waals surface area contributed by atoms with Crippen LogP contribution in [-0.4, -0.2) is 73.7 Å². The number of nitriles is 1. The Morgan fingerprint density at radius 2 is 2.17 bits per heavy atom. The second kappa shape index (κ2) is 6.14. The summed E-state index contributed by atoms with van der Waals surface area (Å²) in [4.78, 5) is 16.3. The van der Waals surface area contributed by atoms with Crippen LogP contribution in [0.25, 0.3) is 0 Å². The lowest BCUT2D eigenvalue weighted by Crippen LogP contribution is -2.56. The summed E-state index contributed by atoms with van der Waals surface area (Å²) in [5.41, 5.74) is 0. The number of piperazine rings is 1. The molecule has 0 spiro atoms. The van der Waals surface area contributed by atoms with Crippen molar-refractivity contribution >= 4 is 5.91 Å². The Bertz CT molecular complexity index is 335. The van der Waals surface area contributed by atoms with Crippen molar-refractivity contribution in [2.45, 2.75) is 19.1 Å². The Balaban J connectivity index is 1.91. The molecule has 2 rings (SSSR count). The summed E-state index contributed by atoms with van der Waals surface area (Å²) < 4.78 is 5.25. The Labute approximate surface area is 107 Å². The maximum atomic E-state index is 12.4. The highest BCUT2D eigenvalue weighted by Gasteiger charge is 2.30. The third-order valence-electron chi connectivity index (χ3n) is 3.58. The SMILES string of the molecule is CC(C(=O)N1CCOC(C#N)C1)N1CCNCC1. The van der Waals surface area contributed by atoms with Gasteiger partial charge in [-0.2, -0.15) is 5.26 Å². The Hall–Kier alpha value is -1.16. The number of carbonyl (C=O) groups is 1. The van der Waals surface area contributed by atoms with Crippen LogP contribution < -0.4 is 5.32 Å². The van der Waals surface area contributed by atoms with E-state index in [2.05, 4.69) is 16.3 Å².